The summed E-state index contributed by atoms with van der Waals surface area (Å²) in [4.78, 5) is 0. The van der Waals surface area contributed by atoms with Gasteiger partial charge in [-0.25, -0.2) is 0 Å². The Bertz CT molecular complexity index is 784. The number of fused-ring (bicyclic) bond motifs is 5. The Balaban J connectivity index is 2.13. The van der Waals surface area contributed by atoms with Gasteiger partial charge in [0.05, 0.1) is 9.13 Å². The van der Waals surface area contributed by atoms with E-state index in [2.05, 4.69) is 66.3 Å². The molecule has 3 aromatic rings. The maximum atomic E-state index is 2.37. The van der Waals surface area contributed by atoms with E-state index in [1.54, 1.807) is 0 Å². The summed E-state index contributed by atoms with van der Waals surface area (Å²) in [5.41, 5.74) is 6.52. The molecule has 0 unspecified atom stereocenters. The van der Waals surface area contributed by atoms with Crippen molar-refractivity contribution in [2.24, 2.45) is 0 Å². The fourth-order valence-electron chi connectivity index (χ4n) is 2.67. The predicted octanol–water partition coefficient (Wildman–Crippen LogP) is 3.00. The van der Waals surface area contributed by atoms with Crippen LogP contribution in [-0.4, -0.2) is 14.8 Å². The summed E-state index contributed by atoms with van der Waals surface area (Å²) in [5, 5.41) is 4.24. The van der Waals surface area contributed by atoms with E-state index in [4.69, 9.17) is 0 Å². The van der Waals surface area contributed by atoms with E-state index in [0.717, 1.165) is 9.13 Å². The SMILES string of the molecule is C1=[Si]c2c(ccc3ccccc23)-c2ccccc21. The maximum Gasteiger partial charge on any atom is 0.0620 e. The Morgan fingerprint density at radius 2 is 1.50 bits per heavy atom. The number of benzene rings is 3. The minimum absolute atomic E-state index is 0.769. The van der Waals surface area contributed by atoms with Gasteiger partial charge in [-0.1, -0.05) is 66.3 Å². The van der Waals surface area contributed by atoms with Gasteiger partial charge in [-0.2, -0.15) is 0 Å². The van der Waals surface area contributed by atoms with Crippen molar-refractivity contribution < 1.29 is 0 Å². The van der Waals surface area contributed by atoms with E-state index < -0.39 is 0 Å². The zero-order valence-electron chi connectivity index (χ0n) is 9.85. The third kappa shape index (κ3) is 1.34. The Morgan fingerprint density at radius 3 is 2.50 bits per heavy atom. The van der Waals surface area contributed by atoms with Gasteiger partial charge in [-0.15, -0.1) is 0 Å². The van der Waals surface area contributed by atoms with Crippen LogP contribution in [0.4, 0.5) is 0 Å². The van der Waals surface area contributed by atoms with Gasteiger partial charge in [-0.3, -0.25) is 0 Å². The van der Waals surface area contributed by atoms with Gasteiger partial charge >= 0.3 is 0 Å². The molecule has 0 N–H and O–H groups in total. The molecule has 0 aliphatic carbocycles. The van der Waals surface area contributed by atoms with Crippen molar-refractivity contribution in [2.45, 2.75) is 0 Å². The molecule has 0 spiro atoms. The molecule has 0 amide bonds. The lowest BCUT2D eigenvalue weighted by atomic mass is 9.97. The van der Waals surface area contributed by atoms with Crippen LogP contribution in [0.1, 0.15) is 5.56 Å². The lowest BCUT2D eigenvalue weighted by Crippen LogP contribution is -2.19. The summed E-state index contributed by atoms with van der Waals surface area (Å²) < 4.78 is 0. The van der Waals surface area contributed by atoms with Crippen LogP contribution in [0, 0.1) is 0 Å². The molecule has 83 valence electrons. The Kier molecular flexibility index (Phi) is 2.08. The lowest BCUT2D eigenvalue weighted by Gasteiger charge is -2.16. The molecule has 3 aromatic carbocycles. The second-order valence-electron chi connectivity index (χ2n) is 4.59. The molecule has 0 bridgehead atoms. The van der Waals surface area contributed by atoms with Crippen LogP contribution in [0.2, 0.25) is 0 Å². The first-order chi connectivity index (χ1) is 8.93. The summed E-state index contributed by atoms with van der Waals surface area (Å²) in [5.74, 6) is 0. The molecule has 0 saturated carbocycles. The van der Waals surface area contributed by atoms with Gasteiger partial charge in [0.15, 0.2) is 0 Å². The van der Waals surface area contributed by atoms with E-state index >= 15 is 0 Å². The molecule has 18 heavy (non-hydrogen) atoms. The van der Waals surface area contributed by atoms with Crippen molar-refractivity contribution in [1.29, 1.82) is 0 Å². The molecule has 1 heteroatoms. The Morgan fingerprint density at radius 1 is 0.667 bits per heavy atom. The van der Waals surface area contributed by atoms with E-state index in [-0.39, 0.29) is 0 Å². The predicted molar refractivity (Wildman–Crippen MR) is 79.9 cm³/mol. The smallest absolute Gasteiger partial charge is 0.0620 e. The number of hydrogen-bond acceptors (Lipinski definition) is 0. The fourth-order valence-corrected chi connectivity index (χ4v) is 3.98. The maximum absolute atomic E-state index is 2.37. The molecule has 1 aliphatic rings. The van der Waals surface area contributed by atoms with Crippen molar-refractivity contribution >= 4 is 30.8 Å². The standard InChI is InChI=1S/C17H11Si/c1-4-8-15-12(5-1)9-10-16-14-7-3-2-6-13(14)11-18-17(15)16/h1-11H. The highest BCUT2D eigenvalue weighted by Gasteiger charge is 2.13. The fraction of sp³-hybridized carbons (Fsp3) is 0. The van der Waals surface area contributed by atoms with E-state index in [1.807, 2.05) is 0 Å². The first kappa shape index (κ1) is 9.98. The van der Waals surface area contributed by atoms with Crippen LogP contribution >= 0.6 is 0 Å². The van der Waals surface area contributed by atoms with Crippen molar-refractivity contribution in [3.8, 4) is 11.1 Å². The molecule has 1 aliphatic heterocycles. The van der Waals surface area contributed by atoms with Crippen LogP contribution in [-0.2, 0) is 0 Å². The van der Waals surface area contributed by atoms with Gasteiger partial charge in [0.1, 0.15) is 0 Å². The molecular formula is C17H11Si. The summed E-state index contributed by atoms with van der Waals surface area (Å²) in [6.45, 7) is 0. The van der Waals surface area contributed by atoms with Crippen molar-refractivity contribution in [3.63, 3.8) is 0 Å². The molecular weight excluding hydrogens is 232 g/mol. The Labute approximate surface area is 108 Å². The van der Waals surface area contributed by atoms with Gasteiger partial charge in [0, 0.05) is 0 Å². The van der Waals surface area contributed by atoms with Crippen LogP contribution in [0.3, 0.4) is 0 Å². The van der Waals surface area contributed by atoms with Gasteiger partial charge in [0.25, 0.3) is 0 Å². The topological polar surface area (TPSA) is 0 Å². The minimum atomic E-state index is 0.769. The normalized spacial score (nSPS) is 12.2. The summed E-state index contributed by atoms with van der Waals surface area (Å²) in [7, 11) is 0.769. The second-order valence-corrected chi connectivity index (χ2v) is 5.66. The highest BCUT2D eigenvalue weighted by molar-refractivity contribution is 6.68. The molecule has 0 fully saturated rings. The van der Waals surface area contributed by atoms with E-state index in [1.165, 1.54) is 32.6 Å². The number of rotatable bonds is 0. The molecule has 0 nitrogen and oxygen atoms in total. The molecule has 0 aromatic heterocycles. The quantitative estimate of drug-likeness (QED) is 0.416. The third-order valence-electron chi connectivity index (χ3n) is 3.55. The first-order valence-electron chi connectivity index (χ1n) is 6.14. The molecule has 1 radical (unpaired) electrons. The van der Waals surface area contributed by atoms with Crippen LogP contribution < -0.4 is 5.19 Å². The second kappa shape index (κ2) is 3.75. The van der Waals surface area contributed by atoms with Crippen LogP contribution in [0.5, 0.6) is 0 Å². The van der Waals surface area contributed by atoms with Crippen molar-refractivity contribution in [1.82, 2.24) is 0 Å². The average Bonchev–Trinajstić information content (AvgIpc) is 2.46. The molecule has 0 saturated heterocycles. The van der Waals surface area contributed by atoms with E-state index in [9.17, 15) is 0 Å². The monoisotopic (exact) mass is 243 g/mol. The third-order valence-corrected chi connectivity index (χ3v) is 4.83. The zero-order chi connectivity index (χ0) is 11.9. The highest BCUT2D eigenvalue weighted by Crippen LogP contribution is 2.26. The van der Waals surface area contributed by atoms with E-state index in [0.29, 0.717) is 0 Å². The number of hydrogen-bond donors (Lipinski definition) is 0. The summed E-state index contributed by atoms with van der Waals surface area (Å²) in [6, 6.07) is 21.9. The first-order valence-corrected chi connectivity index (χ1v) is 7.22. The highest BCUT2D eigenvalue weighted by atomic mass is 28.2. The zero-order valence-corrected chi connectivity index (χ0v) is 10.9. The lowest BCUT2D eigenvalue weighted by molar-refractivity contribution is 1.64. The van der Waals surface area contributed by atoms with Gasteiger partial charge in [-0.05, 0) is 32.6 Å². The largest absolute Gasteiger partial charge is 0.0687 e. The van der Waals surface area contributed by atoms with Crippen LogP contribution in [0.15, 0.2) is 60.7 Å². The molecule has 1 heterocycles. The van der Waals surface area contributed by atoms with Gasteiger partial charge < -0.3 is 0 Å². The summed E-state index contributed by atoms with van der Waals surface area (Å²) in [6.07, 6.45) is 0. The Hall–Kier alpha value is -1.99. The van der Waals surface area contributed by atoms with Gasteiger partial charge in [0.2, 0.25) is 0 Å². The van der Waals surface area contributed by atoms with Crippen molar-refractivity contribution in [2.75, 3.05) is 0 Å². The van der Waals surface area contributed by atoms with Crippen molar-refractivity contribution in [3.05, 3.63) is 66.2 Å². The van der Waals surface area contributed by atoms with Crippen LogP contribution in [0.25, 0.3) is 21.9 Å². The average molecular weight is 243 g/mol. The molecule has 0 atom stereocenters. The minimum Gasteiger partial charge on any atom is -0.0687 e. The molecule has 4 rings (SSSR count). The summed E-state index contributed by atoms with van der Waals surface area (Å²) >= 11 is 0.